The summed E-state index contributed by atoms with van der Waals surface area (Å²) in [4.78, 5) is 4.44. The molecule has 0 amide bonds. The highest BCUT2D eigenvalue weighted by Gasteiger charge is 2.20. The number of rotatable bonds is 6. The Morgan fingerprint density at radius 1 is 1.11 bits per heavy atom. The van der Waals surface area contributed by atoms with Crippen molar-refractivity contribution in [1.29, 1.82) is 0 Å². The minimum atomic E-state index is -3.81. The monoisotopic (exact) mass is 412 g/mol. The van der Waals surface area contributed by atoms with Gasteiger partial charge in [0, 0.05) is 28.2 Å². The maximum atomic E-state index is 13.0. The second-order valence-corrected chi connectivity index (χ2v) is 8.13. The summed E-state index contributed by atoms with van der Waals surface area (Å²) in [7, 11) is -3.81. The molecule has 0 aliphatic rings. The molecule has 4 rings (SSSR count). The second kappa shape index (κ2) is 7.53. The molecule has 0 unspecified atom stereocenters. The highest BCUT2D eigenvalue weighted by Crippen LogP contribution is 2.31. The van der Waals surface area contributed by atoms with Crippen LogP contribution < -0.4 is 9.46 Å². The molecule has 7 nitrogen and oxygen atoms in total. The summed E-state index contributed by atoms with van der Waals surface area (Å²) in [6, 6.07) is 13.6. The van der Waals surface area contributed by atoms with Gasteiger partial charge in [-0.2, -0.15) is 0 Å². The van der Waals surface area contributed by atoms with Gasteiger partial charge in [-0.05, 0) is 54.9 Å². The molecule has 0 saturated carbocycles. The SMILES string of the molecule is CCOc1ccc(S(=O)(=O)Nc2ccc(-c3csnn3)cc2)c2cccnc12. The number of fused-ring (bicyclic) bond motifs is 1. The van der Waals surface area contributed by atoms with Crippen LogP contribution in [-0.2, 0) is 10.0 Å². The highest BCUT2D eigenvalue weighted by molar-refractivity contribution is 7.93. The van der Waals surface area contributed by atoms with Crippen molar-refractivity contribution in [2.75, 3.05) is 11.3 Å². The number of hydrogen-bond acceptors (Lipinski definition) is 7. The zero-order chi connectivity index (χ0) is 19.6. The van der Waals surface area contributed by atoms with Gasteiger partial charge >= 0.3 is 0 Å². The first-order valence-electron chi connectivity index (χ1n) is 8.49. The summed E-state index contributed by atoms with van der Waals surface area (Å²) in [5.74, 6) is 0.554. The van der Waals surface area contributed by atoms with Gasteiger partial charge in [0.1, 0.15) is 17.0 Å². The number of ether oxygens (including phenoxy) is 1. The summed E-state index contributed by atoms with van der Waals surface area (Å²) >= 11 is 1.26. The number of benzene rings is 2. The van der Waals surface area contributed by atoms with Crippen molar-refractivity contribution >= 4 is 38.1 Å². The van der Waals surface area contributed by atoms with Crippen LogP contribution >= 0.6 is 11.5 Å². The Labute approximate surface area is 166 Å². The third-order valence-electron chi connectivity index (χ3n) is 4.07. The van der Waals surface area contributed by atoms with Crippen molar-refractivity contribution in [3.05, 3.63) is 60.1 Å². The van der Waals surface area contributed by atoms with Crippen LogP contribution in [0.15, 0.2) is 65.0 Å². The van der Waals surface area contributed by atoms with Crippen molar-refractivity contribution in [3.63, 3.8) is 0 Å². The summed E-state index contributed by atoms with van der Waals surface area (Å²) in [6.07, 6.45) is 1.61. The fraction of sp³-hybridized carbons (Fsp3) is 0.105. The van der Waals surface area contributed by atoms with E-state index in [2.05, 4.69) is 19.3 Å². The first-order chi connectivity index (χ1) is 13.6. The standard InChI is InChI=1S/C19H16N4O3S2/c1-2-26-17-9-10-18(15-4-3-11-20-19(15)17)28(24,25)22-14-7-5-13(6-8-14)16-12-27-23-21-16/h3-12,22H,2H2,1H3. The van der Waals surface area contributed by atoms with Crippen LogP contribution in [0.2, 0.25) is 0 Å². The molecule has 142 valence electrons. The molecule has 0 radical (unpaired) electrons. The molecule has 28 heavy (non-hydrogen) atoms. The van der Waals surface area contributed by atoms with E-state index in [1.165, 1.54) is 17.6 Å². The van der Waals surface area contributed by atoms with Crippen LogP contribution in [0.3, 0.4) is 0 Å². The van der Waals surface area contributed by atoms with Crippen LogP contribution in [0, 0.1) is 0 Å². The second-order valence-electron chi connectivity index (χ2n) is 5.87. The van der Waals surface area contributed by atoms with Gasteiger partial charge in [0.15, 0.2) is 0 Å². The number of nitrogens with zero attached hydrogens (tertiary/aromatic N) is 3. The maximum Gasteiger partial charge on any atom is 0.262 e. The Kier molecular flexibility index (Phi) is 4.93. The van der Waals surface area contributed by atoms with E-state index in [-0.39, 0.29) is 4.90 Å². The van der Waals surface area contributed by atoms with Crippen molar-refractivity contribution < 1.29 is 13.2 Å². The average Bonchev–Trinajstić information content (AvgIpc) is 3.23. The van der Waals surface area contributed by atoms with Crippen molar-refractivity contribution in [2.45, 2.75) is 11.8 Å². The van der Waals surface area contributed by atoms with E-state index in [0.29, 0.717) is 28.9 Å². The number of anilines is 1. The lowest BCUT2D eigenvalue weighted by Gasteiger charge is -2.13. The van der Waals surface area contributed by atoms with Crippen molar-refractivity contribution in [3.8, 4) is 17.0 Å². The number of pyridine rings is 1. The van der Waals surface area contributed by atoms with Gasteiger partial charge in [-0.3, -0.25) is 9.71 Å². The van der Waals surface area contributed by atoms with E-state index in [1.54, 1.807) is 48.7 Å². The molecule has 0 bridgehead atoms. The first-order valence-corrected chi connectivity index (χ1v) is 10.8. The Morgan fingerprint density at radius 2 is 1.93 bits per heavy atom. The molecule has 2 aromatic carbocycles. The van der Waals surface area contributed by atoms with E-state index < -0.39 is 10.0 Å². The van der Waals surface area contributed by atoms with Crippen LogP contribution in [0.25, 0.3) is 22.2 Å². The topological polar surface area (TPSA) is 94.1 Å². The summed E-state index contributed by atoms with van der Waals surface area (Å²) in [5.41, 5.74) is 2.59. The predicted octanol–water partition coefficient (Wildman–Crippen LogP) is 3.95. The third kappa shape index (κ3) is 3.54. The van der Waals surface area contributed by atoms with E-state index in [0.717, 1.165) is 11.3 Å². The molecular weight excluding hydrogens is 396 g/mol. The highest BCUT2D eigenvalue weighted by atomic mass is 32.2. The number of hydrogen-bond donors (Lipinski definition) is 1. The molecule has 0 saturated heterocycles. The molecule has 1 N–H and O–H groups in total. The van der Waals surface area contributed by atoms with Crippen LogP contribution in [0.1, 0.15) is 6.92 Å². The fourth-order valence-electron chi connectivity index (χ4n) is 2.84. The molecule has 0 spiro atoms. The number of sulfonamides is 1. The van der Waals surface area contributed by atoms with Gasteiger partial charge in [0.2, 0.25) is 0 Å². The predicted molar refractivity (Wildman–Crippen MR) is 109 cm³/mol. The van der Waals surface area contributed by atoms with Gasteiger partial charge < -0.3 is 4.74 Å². The van der Waals surface area contributed by atoms with E-state index in [9.17, 15) is 8.42 Å². The zero-order valence-electron chi connectivity index (χ0n) is 14.9. The van der Waals surface area contributed by atoms with Crippen LogP contribution in [0.4, 0.5) is 5.69 Å². The molecule has 2 aromatic heterocycles. The lowest BCUT2D eigenvalue weighted by atomic mass is 10.2. The van der Waals surface area contributed by atoms with Gasteiger partial charge in [-0.15, -0.1) is 5.10 Å². The van der Waals surface area contributed by atoms with Gasteiger partial charge in [-0.25, -0.2) is 8.42 Å². The number of nitrogens with one attached hydrogen (secondary N) is 1. The quantitative estimate of drug-likeness (QED) is 0.515. The first kappa shape index (κ1) is 18.3. The molecule has 4 aromatic rings. The average molecular weight is 412 g/mol. The smallest absolute Gasteiger partial charge is 0.262 e. The largest absolute Gasteiger partial charge is 0.492 e. The maximum absolute atomic E-state index is 13.0. The minimum absolute atomic E-state index is 0.145. The lowest BCUT2D eigenvalue weighted by Crippen LogP contribution is -2.13. The van der Waals surface area contributed by atoms with Gasteiger partial charge in [0.05, 0.1) is 11.5 Å². The normalized spacial score (nSPS) is 11.5. The number of aromatic nitrogens is 3. The summed E-state index contributed by atoms with van der Waals surface area (Å²) < 4.78 is 38.0. The van der Waals surface area contributed by atoms with Gasteiger partial charge in [-0.1, -0.05) is 16.6 Å². The Morgan fingerprint density at radius 3 is 2.64 bits per heavy atom. The minimum Gasteiger partial charge on any atom is -0.492 e. The Bertz CT molecular complexity index is 1210. The van der Waals surface area contributed by atoms with E-state index in [4.69, 9.17) is 4.74 Å². The van der Waals surface area contributed by atoms with Crippen LogP contribution in [-0.4, -0.2) is 29.6 Å². The molecule has 0 fully saturated rings. The lowest BCUT2D eigenvalue weighted by molar-refractivity contribution is 0.343. The van der Waals surface area contributed by atoms with Crippen molar-refractivity contribution in [1.82, 2.24) is 14.6 Å². The molecule has 0 aliphatic heterocycles. The summed E-state index contributed by atoms with van der Waals surface area (Å²) in [5, 5.41) is 6.34. The Balaban J connectivity index is 1.68. The van der Waals surface area contributed by atoms with Crippen LogP contribution in [0.5, 0.6) is 5.75 Å². The molecular formula is C19H16N4O3S2. The molecule has 0 atom stereocenters. The van der Waals surface area contributed by atoms with Crippen molar-refractivity contribution in [2.24, 2.45) is 0 Å². The van der Waals surface area contributed by atoms with E-state index >= 15 is 0 Å². The van der Waals surface area contributed by atoms with Gasteiger partial charge in [0.25, 0.3) is 10.0 Å². The zero-order valence-corrected chi connectivity index (χ0v) is 16.5. The molecule has 9 heteroatoms. The third-order valence-corrected chi connectivity index (χ3v) is 6.02. The summed E-state index contributed by atoms with van der Waals surface area (Å²) in [6.45, 7) is 2.34. The van der Waals surface area contributed by atoms with E-state index in [1.807, 2.05) is 12.3 Å². The Hall–Kier alpha value is -3.04. The fourth-order valence-corrected chi connectivity index (χ4v) is 4.56. The molecule has 0 aliphatic carbocycles. The molecule has 2 heterocycles.